The van der Waals surface area contributed by atoms with Crippen LogP contribution < -0.4 is 16.8 Å². The zero-order valence-electron chi connectivity index (χ0n) is 24.5. The normalized spacial score (nSPS) is 12.7. The van der Waals surface area contributed by atoms with Gasteiger partial charge < -0.3 is 26.4 Å². The smallest absolute Gasteiger partial charge is 0.338 e. The van der Waals surface area contributed by atoms with Gasteiger partial charge in [0.05, 0.1) is 5.56 Å². The van der Waals surface area contributed by atoms with Crippen LogP contribution in [0.2, 0.25) is 0 Å². The van der Waals surface area contributed by atoms with Gasteiger partial charge in [-0.1, -0.05) is 39.8 Å². The van der Waals surface area contributed by atoms with Crippen LogP contribution in [0, 0.1) is 18.7 Å². The Balaban J connectivity index is 2.33. The Kier molecular flexibility index (Phi) is 13.2. The first-order valence-electron chi connectivity index (χ1n) is 14.1. The van der Waals surface area contributed by atoms with Crippen LogP contribution in [0.15, 0.2) is 36.4 Å². The molecule has 40 heavy (non-hydrogen) atoms. The van der Waals surface area contributed by atoms with Gasteiger partial charge in [0.15, 0.2) is 0 Å². The van der Waals surface area contributed by atoms with E-state index in [1.165, 1.54) is 24.3 Å². The van der Waals surface area contributed by atoms with Gasteiger partial charge in [-0.15, -0.1) is 0 Å². The number of ether oxygens (including phenoxy) is 1. The van der Waals surface area contributed by atoms with Crippen LogP contribution in [-0.2, 0) is 11.2 Å². The Morgan fingerprint density at radius 1 is 1.00 bits per heavy atom. The SMILES string of the molecule is CCCN(CCC)C(=O)c1cc(C(N)=O)cc(C(=O)O[C@H](CNCCC(C)C)[C@@H](N)Cc2ccc(F)c(C)c2)c1. The third-order valence-electron chi connectivity index (χ3n) is 6.65. The molecule has 0 fully saturated rings. The summed E-state index contributed by atoms with van der Waals surface area (Å²) >= 11 is 0. The number of nitrogens with one attached hydrogen (secondary N) is 1. The molecule has 2 atom stereocenters. The lowest BCUT2D eigenvalue weighted by Gasteiger charge is -2.25. The molecular formula is C31H45FN4O4. The summed E-state index contributed by atoms with van der Waals surface area (Å²) in [7, 11) is 0. The number of nitrogens with two attached hydrogens (primary N) is 2. The van der Waals surface area contributed by atoms with Crippen LogP contribution in [0.25, 0.3) is 0 Å². The second-order valence-corrected chi connectivity index (χ2v) is 10.7. The van der Waals surface area contributed by atoms with Gasteiger partial charge >= 0.3 is 5.97 Å². The molecule has 0 aliphatic carbocycles. The number of primary amides is 1. The fraction of sp³-hybridized carbons (Fsp3) is 0.516. The Morgan fingerprint density at radius 2 is 1.62 bits per heavy atom. The fourth-order valence-corrected chi connectivity index (χ4v) is 4.41. The summed E-state index contributed by atoms with van der Waals surface area (Å²) in [4.78, 5) is 40.4. The van der Waals surface area contributed by atoms with Crippen LogP contribution in [0.1, 0.15) is 89.2 Å². The molecule has 0 bridgehead atoms. The monoisotopic (exact) mass is 556 g/mol. The average molecular weight is 557 g/mol. The highest BCUT2D eigenvalue weighted by Gasteiger charge is 2.25. The van der Waals surface area contributed by atoms with E-state index in [1.807, 2.05) is 13.8 Å². The summed E-state index contributed by atoms with van der Waals surface area (Å²) in [6, 6.07) is 8.38. The summed E-state index contributed by atoms with van der Waals surface area (Å²) in [5.74, 6) is -1.55. The van der Waals surface area contributed by atoms with Crippen LogP contribution >= 0.6 is 0 Å². The van der Waals surface area contributed by atoms with Gasteiger partial charge in [0.25, 0.3) is 5.91 Å². The Labute approximate surface area is 237 Å². The summed E-state index contributed by atoms with van der Waals surface area (Å²) in [6.07, 6.45) is 2.11. The molecule has 0 unspecified atom stereocenters. The first kappa shape index (κ1) is 32.9. The minimum atomic E-state index is -0.753. The van der Waals surface area contributed by atoms with Gasteiger partial charge in [0, 0.05) is 36.8 Å². The van der Waals surface area contributed by atoms with Crippen LogP contribution in [0.3, 0.4) is 0 Å². The number of hydrogen-bond acceptors (Lipinski definition) is 6. The molecule has 0 spiro atoms. The van der Waals surface area contributed by atoms with Crippen LogP contribution in [0.5, 0.6) is 0 Å². The molecule has 8 nitrogen and oxygen atoms in total. The third kappa shape index (κ3) is 10.0. The number of benzene rings is 2. The topological polar surface area (TPSA) is 128 Å². The largest absolute Gasteiger partial charge is 0.456 e. The molecule has 2 aromatic rings. The molecule has 0 heterocycles. The van der Waals surface area contributed by atoms with Crippen molar-refractivity contribution in [1.29, 1.82) is 0 Å². The first-order chi connectivity index (χ1) is 19.0. The van der Waals surface area contributed by atoms with Crippen molar-refractivity contribution in [2.24, 2.45) is 17.4 Å². The van der Waals surface area contributed by atoms with E-state index in [-0.39, 0.29) is 28.4 Å². The van der Waals surface area contributed by atoms with Crippen molar-refractivity contribution in [2.45, 2.75) is 72.4 Å². The van der Waals surface area contributed by atoms with Crippen molar-refractivity contribution < 1.29 is 23.5 Å². The molecule has 5 N–H and O–H groups in total. The van der Waals surface area contributed by atoms with Crippen LogP contribution in [0.4, 0.5) is 4.39 Å². The number of carbonyl (C=O) groups is 3. The number of carbonyl (C=O) groups excluding carboxylic acids is 3. The standard InChI is InChI=1S/C31H45FN4O4/c1-6-12-36(13-7-2)30(38)24-16-23(29(34)37)17-25(18-24)31(39)40-28(19-35-11-10-20(3)4)27(33)15-22-8-9-26(32)21(5)14-22/h8-9,14,16-18,20,27-28,35H,6-7,10-13,15,19,33H2,1-5H3,(H2,34,37)/t27-,28+/m0/s1. The van der Waals surface area contributed by atoms with Crippen molar-refractivity contribution in [3.8, 4) is 0 Å². The van der Waals surface area contributed by atoms with Gasteiger partial charge in [0.2, 0.25) is 5.91 Å². The number of hydrogen-bond donors (Lipinski definition) is 3. The second kappa shape index (κ2) is 16.1. The summed E-state index contributed by atoms with van der Waals surface area (Å²) in [6.45, 7) is 12.0. The molecule has 0 saturated heterocycles. The summed E-state index contributed by atoms with van der Waals surface area (Å²) in [5, 5.41) is 3.31. The molecular weight excluding hydrogens is 511 g/mol. The summed E-state index contributed by atoms with van der Waals surface area (Å²) < 4.78 is 19.6. The van der Waals surface area contributed by atoms with Crippen molar-refractivity contribution in [3.63, 3.8) is 0 Å². The lowest BCUT2D eigenvalue weighted by molar-refractivity contribution is 0.0238. The molecule has 9 heteroatoms. The van der Waals surface area contributed by atoms with E-state index in [4.69, 9.17) is 16.2 Å². The van der Waals surface area contributed by atoms with E-state index in [0.29, 0.717) is 44.1 Å². The average Bonchev–Trinajstić information content (AvgIpc) is 2.91. The minimum Gasteiger partial charge on any atom is -0.456 e. The van der Waals surface area contributed by atoms with Crippen LogP contribution in [-0.4, -0.2) is 61.0 Å². The van der Waals surface area contributed by atoms with E-state index in [9.17, 15) is 18.8 Å². The lowest BCUT2D eigenvalue weighted by atomic mass is 9.99. The van der Waals surface area contributed by atoms with E-state index >= 15 is 0 Å². The quantitative estimate of drug-likeness (QED) is 0.210. The molecule has 0 aliphatic heterocycles. The van der Waals surface area contributed by atoms with E-state index in [0.717, 1.165) is 24.8 Å². The van der Waals surface area contributed by atoms with Gasteiger partial charge in [-0.05, 0) is 80.5 Å². The Hall–Kier alpha value is -3.30. The van der Waals surface area contributed by atoms with E-state index in [1.54, 1.807) is 24.0 Å². The number of aryl methyl sites for hydroxylation is 1. The molecule has 2 rings (SSSR count). The van der Waals surface area contributed by atoms with Gasteiger partial charge in [-0.3, -0.25) is 9.59 Å². The predicted octanol–water partition coefficient (Wildman–Crippen LogP) is 4.23. The first-order valence-corrected chi connectivity index (χ1v) is 14.1. The Morgan fingerprint density at radius 3 is 2.20 bits per heavy atom. The number of halogens is 1. The van der Waals surface area contributed by atoms with E-state index < -0.39 is 24.0 Å². The zero-order chi connectivity index (χ0) is 29.8. The molecule has 220 valence electrons. The summed E-state index contributed by atoms with van der Waals surface area (Å²) in [5.41, 5.74) is 13.7. The minimum absolute atomic E-state index is 0.0449. The number of rotatable bonds is 16. The highest BCUT2D eigenvalue weighted by molar-refractivity contribution is 6.03. The third-order valence-corrected chi connectivity index (χ3v) is 6.65. The highest BCUT2D eigenvalue weighted by Crippen LogP contribution is 2.17. The van der Waals surface area contributed by atoms with Crippen molar-refractivity contribution in [2.75, 3.05) is 26.2 Å². The fourth-order valence-electron chi connectivity index (χ4n) is 4.41. The molecule has 0 aliphatic rings. The highest BCUT2D eigenvalue weighted by atomic mass is 19.1. The van der Waals surface area contributed by atoms with Gasteiger partial charge in [0.1, 0.15) is 11.9 Å². The van der Waals surface area contributed by atoms with Crippen molar-refractivity contribution >= 4 is 17.8 Å². The number of amides is 2. The molecule has 0 saturated carbocycles. The van der Waals surface area contributed by atoms with Gasteiger partial charge in [-0.25, -0.2) is 9.18 Å². The van der Waals surface area contributed by atoms with Crippen molar-refractivity contribution in [3.05, 3.63) is 70.0 Å². The number of esters is 1. The zero-order valence-corrected chi connectivity index (χ0v) is 24.5. The molecule has 2 amide bonds. The molecule has 0 radical (unpaired) electrons. The molecule has 0 aromatic heterocycles. The molecule has 2 aromatic carbocycles. The Bertz CT molecular complexity index is 1150. The van der Waals surface area contributed by atoms with Crippen molar-refractivity contribution in [1.82, 2.24) is 10.2 Å². The second-order valence-electron chi connectivity index (χ2n) is 10.7. The maximum Gasteiger partial charge on any atom is 0.338 e. The lowest BCUT2D eigenvalue weighted by Crippen LogP contribution is -2.46. The maximum atomic E-state index is 13.8. The predicted molar refractivity (Wildman–Crippen MR) is 156 cm³/mol. The number of nitrogens with zero attached hydrogens (tertiary/aromatic N) is 1. The van der Waals surface area contributed by atoms with Gasteiger partial charge in [-0.2, -0.15) is 0 Å². The maximum absolute atomic E-state index is 13.8. The van der Waals surface area contributed by atoms with E-state index in [2.05, 4.69) is 19.2 Å².